The molecule has 12 nitrogen and oxygen atoms in total. The summed E-state index contributed by atoms with van der Waals surface area (Å²) in [4.78, 5) is 28.7. The predicted molar refractivity (Wildman–Crippen MR) is 189 cm³/mol. The van der Waals surface area contributed by atoms with Crippen LogP contribution in [0.1, 0.15) is 43.4 Å². The molecule has 4 aliphatic rings. The number of rotatable bonds is 5. The summed E-state index contributed by atoms with van der Waals surface area (Å²) in [5, 5.41) is 18.4. The molecule has 0 saturated carbocycles. The molecular formula is C35H32ClF3N10O2S. The highest BCUT2D eigenvalue weighted by atomic mass is 35.5. The van der Waals surface area contributed by atoms with Gasteiger partial charge in [0.15, 0.2) is 5.82 Å². The van der Waals surface area contributed by atoms with E-state index in [-0.39, 0.29) is 61.0 Å². The van der Waals surface area contributed by atoms with Crippen LogP contribution in [-0.2, 0) is 0 Å². The number of fused-ring (bicyclic) bond motifs is 3. The van der Waals surface area contributed by atoms with Crippen LogP contribution >= 0.6 is 22.9 Å². The Morgan fingerprint density at radius 3 is 2.79 bits per heavy atom. The summed E-state index contributed by atoms with van der Waals surface area (Å²) in [6, 6.07) is 5.81. The fourth-order valence-electron chi connectivity index (χ4n) is 8.73. The molecular weight excluding hydrogens is 717 g/mol. The van der Waals surface area contributed by atoms with Crippen LogP contribution in [0.3, 0.4) is 0 Å². The molecule has 1 amide bonds. The van der Waals surface area contributed by atoms with Crippen molar-refractivity contribution in [2.45, 2.75) is 56.3 Å². The number of nitriles is 1. The monoisotopic (exact) mass is 748 g/mol. The zero-order chi connectivity index (χ0) is 36.1. The van der Waals surface area contributed by atoms with E-state index in [2.05, 4.69) is 20.2 Å². The zero-order valence-electron chi connectivity index (χ0n) is 28.0. The summed E-state index contributed by atoms with van der Waals surface area (Å²) >= 11 is 7.80. The maximum absolute atomic E-state index is 17.1. The molecule has 52 heavy (non-hydrogen) atoms. The van der Waals surface area contributed by atoms with Gasteiger partial charge in [0.25, 0.3) is 0 Å². The molecule has 4 fully saturated rings. The Hall–Kier alpha value is -4.72. The first-order valence-corrected chi connectivity index (χ1v) is 18.3. The number of alkyl halides is 1. The van der Waals surface area contributed by atoms with Crippen molar-refractivity contribution in [3.05, 3.63) is 52.3 Å². The Morgan fingerprint density at radius 2 is 2.04 bits per heavy atom. The molecule has 7 heterocycles. The molecule has 268 valence electrons. The second kappa shape index (κ2) is 11.9. The Balaban J connectivity index is 1.15. The number of hydrogen-bond acceptors (Lipinski definition) is 11. The first-order valence-electron chi connectivity index (χ1n) is 17.1. The molecule has 3 atom stereocenters. The van der Waals surface area contributed by atoms with E-state index in [0.717, 1.165) is 37.1 Å². The van der Waals surface area contributed by atoms with Crippen LogP contribution in [0.2, 0.25) is 5.02 Å². The van der Waals surface area contributed by atoms with E-state index in [1.54, 1.807) is 24.1 Å². The number of hydrogen-bond donors (Lipinski definition) is 1. The Morgan fingerprint density at radius 1 is 1.21 bits per heavy atom. The summed E-state index contributed by atoms with van der Waals surface area (Å²) in [6.45, 7) is 4.44. The van der Waals surface area contributed by atoms with Gasteiger partial charge in [-0.05, 0) is 56.8 Å². The third-order valence-corrected chi connectivity index (χ3v) is 12.6. The molecule has 1 spiro atoms. The van der Waals surface area contributed by atoms with Gasteiger partial charge >= 0.3 is 12.0 Å². The largest absolute Gasteiger partial charge is 0.461 e. The molecule has 2 N–H and O–H groups in total. The molecule has 0 radical (unpaired) electrons. The van der Waals surface area contributed by atoms with Crippen molar-refractivity contribution in [3.8, 4) is 23.2 Å². The minimum absolute atomic E-state index is 0.00132. The maximum atomic E-state index is 17.1. The molecule has 3 aromatic heterocycles. The number of amides is 1. The number of carbonyl (C=O) groups is 1. The highest BCUT2D eigenvalue weighted by Crippen LogP contribution is 2.48. The average Bonchev–Trinajstić information content (AvgIpc) is 3.93. The third-order valence-electron chi connectivity index (χ3n) is 11.3. The summed E-state index contributed by atoms with van der Waals surface area (Å²) in [5.41, 5.74) is 5.77. The minimum Gasteiger partial charge on any atom is -0.461 e. The van der Waals surface area contributed by atoms with Crippen molar-refractivity contribution in [1.29, 1.82) is 5.26 Å². The first-order chi connectivity index (χ1) is 25.0. The lowest BCUT2D eigenvalue weighted by atomic mass is 9.84. The molecule has 1 unspecified atom stereocenters. The number of carbonyl (C=O) groups excluding carboxylic acids is 1. The quantitative estimate of drug-likeness (QED) is 0.225. The second-order valence-corrected chi connectivity index (χ2v) is 15.7. The summed E-state index contributed by atoms with van der Waals surface area (Å²) in [7, 11) is 0. The van der Waals surface area contributed by atoms with E-state index in [4.69, 9.17) is 27.1 Å². The predicted octanol–water partition coefficient (Wildman–Crippen LogP) is 6.08. The van der Waals surface area contributed by atoms with E-state index < -0.39 is 28.9 Å². The smallest absolute Gasteiger partial charge is 0.346 e. The minimum atomic E-state index is -0.966. The topological polar surface area (TPSA) is 142 Å². The van der Waals surface area contributed by atoms with Crippen molar-refractivity contribution in [2.75, 3.05) is 50.0 Å². The molecule has 4 aliphatic heterocycles. The van der Waals surface area contributed by atoms with Crippen molar-refractivity contribution in [2.24, 2.45) is 0 Å². The van der Waals surface area contributed by atoms with Gasteiger partial charge < -0.3 is 20.3 Å². The van der Waals surface area contributed by atoms with Crippen molar-refractivity contribution < 1.29 is 22.7 Å². The second-order valence-electron chi connectivity index (χ2n) is 14.3. The number of nitrogen functional groups attached to an aromatic ring is 1. The average molecular weight is 749 g/mol. The molecule has 0 aliphatic carbocycles. The highest BCUT2D eigenvalue weighted by Gasteiger charge is 2.53. The van der Waals surface area contributed by atoms with Gasteiger partial charge in [-0.25, -0.2) is 18.0 Å². The van der Waals surface area contributed by atoms with Gasteiger partial charge in [0, 0.05) is 48.9 Å². The molecule has 2 aromatic carbocycles. The van der Waals surface area contributed by atoms with Gasteiger partial charge in [0.05, 0.1) is 38.3 Å². The summed E-state index contributed by atoms with van der Waals surface area (Å²) in [5.74, 6) is -1.03. The van der Waals surface area contributed by atoms with Gasteiger partial charge in [0.2, 0.25) is 0 Å². The SMILES string of the molecule is Cc1cn(C(=O)N2CCC23CCN(c2nc(OC[C@@]45CCCN4C[C@H](F)C5)nc4c(F)c(-c5ccc(F)c6sc(N)c(C#N)c56)c(Cl)cc24)C3)nn1. The van der Waals surface area contributed by atoms with Gasteiger partial charge in [0.1, 0.15) is 41.0 Å². The normalized spacial score (nSPS) is 24.3. The number of aryl methyl sites for hydroxylation is 1. The molecule has 9 rings (SSSR count). The van der Waals surface area contributed by atoms with Crippen LogP contribution in [-0.4, -0.2) is 97.4 Å². The summed E-state index contributed by atoms with van der Waals surface area (Å²) < 4.78 is 54.3. The number of halogens is 4. The van der Waals surface area contributed by atoms with Crippen molar-refractivity contribution in [1.82, 2.24) is 34.8 Å². The lowest BCUT2D eigenvalue weighted by Crippen LogP contribution is -2.64. The van der Waals surface area contributed by atoms with Crippen LogP contribution in [0, 0.1) is 29.9 Å². The zero-order valence-corrected chi connectivity index (χ0v) is 29.6. The van der Waals surface area contributed by atoms with E-state index in [1.165, 1.54) is 16.8 Å². The number of nitrogens with zero attached hydrogens (tertiary/aromatic N) is 9. The van der Waals surface area contributed by atoms with Crippen LogP contribution in [0.4, 0.5) is 28.8 Å². The van der Waals surface area contributed by atoms with E-state index in [0.29, 0.717) is 55.9 Å². The number of nitrogens with two attached hydrogens (primary N) is 1. The van der Waals surface area contributed by atoms with Crippen molar-refractivity contribution in [3.63, 3.8) is 0 Å². The number of likely N-dealkylation sites (tertiary alicyclic amines) is 1. The van der Waals surface area contributed by atoms with E-state index >= 15 is 4.39 Å². The van der Waals surface area contributed by atoms with Crippen molar-refractivity contribution >= 4 is 60.8 Å². The van der Waals surface area contributed by atoms with Crippen LogP contribution in [0.5, 0.6) is 6.01 Å². The Kier molecular flexibility index (Phi) is 7.59. The lowest BCUT2D eigenvalue weighted by Gasteiger charge is -2.50. The first kappa shape index (κ1) is 33.1. The van der Waals surface area contributed by atoms with Gasteiger partial charge in [-0.15, -0.1) is 16.4 Å². The number of benzene rings is 2. The Bertz CT molecular complexity index is 2360. The number of anilines is 2. The third kappa shape index (κ3) is 4.92. The maximum Gasteiger partial charge on any atom is 0.346 e. The van der Waals surface area contributed by atoms with Crippen LogP contribution in [0.15, 0.2) is 24.4 Å². The standard InChI is InChI=1S/C35H32ClF3N10O2S/c1-18-14-49(45-44-18)33(50)48-10-7-34(48)6-9-46(16-34)31-21-11-23(36)26(20-3-4-24(38)29-25(20)22(13-40)30(41)52-29)27(39)28(21)42-32(43-31)51-17-35-5-2-8-47(35)15-19(37)12-35/h3-4,11,14,19H,2,5-10,12,15-17,41H2,1H3/t19-,34?,35+/m1/s1. The number of thiophene rings is 1. The number of ether oxygens (including phenoxy) is 1. The van der Waals surface area contributed by atoms with Crippen LogP contribution in [0.25, 0.3) is 32.1 Å². The Labute approximate surface area is 304 Å². The molecule has 0 bridgehead atoms. The number of aromatic nitrogens is 5. The molecule has 17 heteroatoms. The molecule has 5 aromatic rings. The lowest BCUT2D eigenvalue weighted by molar-refractivity contribution is 0.0398. The molecule has 4 saturated heterocycles. The van der Waals surface area contributed by atoms with Crippen LogP contribution < -0.4 is 15.4 Å². The summed E-state index contributed by atoms with van der Waals surface area (Å²) in [6.07, 6.45) is 4.01. The van der Waals surface area contributed by atoms with Gasteiger partial charge in [-0.2, -0.15) is 19.9 Å². The van der Waals surface area contributed by atoms with E-state index in [1.807, 2.05) is 11.0 Å². The fourth-order valence-corrected chi connectivity index (χ4v) is 9.98. The fraction of sp³-hybridized carbons (Fsp3) is 0.429. The van der Waals surface area contributed by atoms with Gasteiger partial charge in [-0.1, -0.05) is 22.9 Å². The van der Waals surface area contributed by atoms with E-state index in [9.17, 15) is 18.8 Å². The van der Waals surface area contributed by atoms with Gasteiger partial charge in [-0.3, -0.25) is 4.90 Å². The highest BCUT2D eigenvalue weighted by molar-refractivity contribution is 7.23.